The molecule has 0 spiro atoms. The minimum absolute atomic E-state index is 0.0644. The summed E-state index contributed by atoms with van der Waals surface area (Å²) in [5.41, 5.74) is 4.78. The molecule has 0 saturated carbocycles. The molecule has 0 saturated heterocycles. The Morgan fingerprint density at radius 2 is 1.87 bits per heavy atom. The minimum atomic E-state index is -0.350. The van der Waals surface area contributed by atoms with Gasteiger partial charge in [-0.15, -0.1) is 0 Å². The lowest BCUT2D eigenvalue weighted by atomic mass is 10.1. The summed E-state index contributed by atoms with van der Waals surface area (Å²) in [6.45, 7) is 4.11. The minimum Gasteiger partial charge on any atom is -0.466 e. The van der Waals surface area contributed by atoms with Crippen molar-refractivity contribution in [2.45, 2.75) is 26.7 Å². The van der Waals surface area contributed by atoms with E-state index in [1.54, 1.807) is 31.5 Å². The Bertz CT molecular complexity index is 1690. The highest BCUT2D eigenvalue weighted by Crippen LogP contribution is 2.37. The van der Waals surface area contributed by atoms with Gasteiger partial charge in [0.2, 0.25) is 0 Å². The molecule has 5 rings (SSSR count). The molecule has 9 nitrogen and oxygen atoms in total. The van der Waals surface area contributed by atoms with Crippen LogP contribution in [0.4, 0.5) is 15.3 Å². The quantitative estimate of drug-likeness (QED) is 0.242. The fourth-order valence-electron chi connectivity index (χ4n) is 4.20. The van der Waals surface area contributed by atoms with Gasteiger partial charge in [-0.2, -0.15) is 5.26 Å². The van der Waals surface area contributed by atoms with E-state index in [9.17, 15) is 14.4 Å². The Morgan fingerprint density at radius 1 is 1.10 bits per heavy atom. The third-order valence-electron chi connectivity index (χ3n) is 6.07. The Morgan fingerprint density at radius 3 is 2.54 bits per heavy atom. The van der Waals surface area contributed by atoms with Gasteiger partial charge < -0.3 is 9.64 Å². The summed E-state index contributed by atoms with van der Waals surface area (Å²) in [7, 11) is 1.88. The average Bonchev–Trinajstić information content (AvgIpc) is 3.55. The van der Waals surface area contributed by atoms with Gasteiger partial charge in [0.15, 0.2) is 5.13 Å². The van der Waals surface area contributed by atoms with E-state index < -0.39 is 0 Å². The predicted molar refractivity (Wildman–Crippen MR) is 146 cm³/mol. The largest absolute Gasteiger partial charge is 0.466 e. The van der Waals surface area contributed by atoms with Crippen LogP contribution in [-0.4, -0.2) is 44.0 Å². The fourth-order valence-corrected chi connectivity index (χ4v) is 5.05. The number of nitrogens with zero attached hydrogens (tertiary/aromatic N) is 7. The number of hydrogen-bond acceptors (Lipinski definition) is 9. The van der Waals surface area contributed by atoms with E-state index in [-0.39, 0.29) is 18.2 Å². The molecule has 4 heterocycles. The molecule has 0 aliphatic rings. The van der Waals surface area contributed by atoms with Crippen molar-refractivity contribution < 1.29 is 13.9 Å². The molecule has 0 aliphatic heterocycles. The molecule has 0 atom stereocenters. The molecule has 0 unspecified atom stereocenters. The molecule has 0 bridgehead atoms. The summed E-state index contributed by atoms with van der Waals surface area (Å²) in [5.74, 6) is 0.117. The highest BCUT2D eigenvalue weighted by Gasteiger charge is 2.22. The van der Waals surface area contributed by atoms with E-state index in [1.807, 2.05) is 41.6 Å². The van der Waals surface area contributed by atoms with Crippen LogP contribution >= 0.6 is 11.3 Å². The van der Waals surface area contributed by atoms with Gasteiger partial charge in [0.25, 0.3) is 0 Å². The van der Waals surface area contributed by atoms with Gasteiger partial charge in [-0.1, -0.05) is 18.3 Å². The van der Waals surface area contributed by atoms with Crippen LogP contribution in [0.5, 0.6) is 0 Å². The number of rotatable bonds is 8. The van der Waals surface area contributed by atoms with Crippen molar-refractivity contribution in [2.75, 3.05) is 18.6 Å². The zero-order valence-electron chi connectivity index (χ0n) is 21.6. The van der Waals surface area contributed by atoms with Gasteiger partial charge >= 0.3 is 5.97 Å². The summed E-state index contributed by atoms with van der Waals surface area (Å²) in [6.07, 6.45) is 5.88. The maximum absolute atomic E-state index is 13.5. The van der Waals surface area contributed by atoms with Gasteiger partial charge in [0, 0.05) is 30.6 Å². The van der Waals surface area contributed by atoms with Gasteiger partial charge in [0.05, 0.1) is 36.3 Å². The van der Waals surface area contributed by atoms with E-state index in [0.29, 0.717) is 45.7 Å². The summed E-state index contributed by atoms with van der Waals surface area (Å²) < 4.78 is 20.4. The molecule has 11 heteroatoms. The van der Waals surface area contributed by atoms with E-state index in [2.05, 4.69) is 16.0 Å². The van der Waals surface area contributed by atoms with Crippen LogP contribution in [0.15, 0.2) is 55.0 Å². The first kappa shape index (κ1) is 25.9. The molecule has 0 radical (unpaired) electrons. The number of imidazole rings is 1. The molecule has 0 N–H and O–H groups in total. The second-order valence-corrected chi connectivity index (χ2v) is 9.59. The van der Waals surface area contributed by atoms with Crippen LogP contribution in [-0.2, 0) is 22.4 Å². The molecule has 4 aromatic heterocycles. The number of anilines is 2. The number of pyridine rings is 1. The van der Waals surface area contributed by atoms with Crippen LogP contribution in [0.1, 0.15) is 30.1 Å². The molecule has 1 aromatic carbocycles. The first-order valence-electron chi connectivity index (χ1n) is 12.3. The lowest BCUT2D eigenvalue weighted by Crippen LogP contribution is -2.13. The first-order chi connectivity index (χ1) is 18.9. The van der Waals surface area contributed by atoms with Gasteiger partial charge in [0.1, 0.15) is 33.9 Å². The van der Waals surface area contributed by atoms with Crippen LogP contribution in [0.25, 0.3) is 28.2 Å². The summed E-state index contributed by atoms with van der Waals surface area (Å²) in [4.78, 5) is 32.5. The van der Waals surface area contributed by atoms with Crippen LogP contribution in [0.3, 0.4) is 0 Å². The van der Waals surface area contributed by atoms with Gasteiger partial charge in [-0.05, 0) is 49.7 Å². The van der Waals surface area contributed by atoms with E-state index in [0.717, 1.165) is 22.7 Å². The Kier molecular flexibility index (Phi) is 7.29. The van der Waals surface area contributed by atoms with Crippen molar-refractivity contribution in [2.24, 2.45) is 0 Å². The number of aromatic nitrogens is 5. The normalized spacial score (nSPS) is 10.9. The smallest absolute Gasteiger partial charge is 0.311 e. The van der Waals surface area contributed by atoms with Gasteiger partial charge in [-0.3, -0.25) is 19.2 Å². The van der Waals surface area contributed by atoms with Crippen LogP contribution in [0.2, 0.25) is 0 Å². The second-order valence-electron chi connectivity index (χ2n) is 8.61. The first-order valence-corrected chi connectivity index (χ1v) is 13.1. The lowest BCUT2D eigenvalue weighted by Gasteiger charge is -2.17. The fraction of sp³-hybridized carbons (Fsp3) is 0.214. The van der Waals surface area contributed by atoms with Crippen molar-refractivity contribution in [3.05, 3.63) is 77.1 Å². The topological polar surface area (TPSA) is 109 Å². The number of halogens is 1. The van der Waals surface area contributed by atoms with Crippen LogP contribution < -0.4 is 4.90 Å². The number of hydrogen-bond donors (Lipinski definition) is 0. The molecule has 5 aromatic rings. The lowest BCUT2D eigenvalue weighted by molar-refractivity contribution is -0.142. The van der Waals surface area contributed by atoms with Crippen molar-refractivity contribution in [3.63, 3.8) is 0 Å². The van der Waals surface area contributed by atoms with E-state index >= 15 is 0 Å². The summed E-state index contributed by atoms with van der Waals surface area (Å²) in [6, 6.07) is 12.0. The third-order valence-corrected chi connectivity index (χ3v) is 7.11. The monoisotopic (exact) mass is 541 g/mol. The van der Waals surface area contributed by atoms with Crippen molar-refractivity contribution >= 4 is 33.9 Å². The molecule has 196 valence electrons. The maximum Gasteiger partial charge on any atom is 0.311 e. The Balaban J connectivity index is 1.52. The zero-order valence-corrected chi connectivity index (χ0v) is 22.4. The third kappa shape index (κ3) is 5.19. The number of ether oxygens (including phenoxy) is 1. The number of aryl methyl sites for hydroxylation is 1. The molecular formula is C28H24FN7O2S. The van der Waals surface area contributed by atoms with E-state index in [1.165, 1.54) is 23.5 Å². The van der Waals surface area contributed by atoms with E-state index in [4.69, 9.17) is 14.7 Å². The number of esters is 1. The number of carbonyl (C=O) groups is 1. The molecule has 0 amide bonds. The number of nitriles is 1. The maximum atomic E-state index is 13.5. The standard InChI is InChI=1S/C28H24FN7O2S/c1-4-21-27(35(3)28-34-26(23(13-30)39-28)17-6-9-19(29)10-7-17)36-16-18(8-11-24(36)33-21)22-15-31-20(14-32-22)12-25(37)38-5-2/h6-11,14-16H,4-5,12H2,1-3H3. The van der Waals surface area contributed by atoms with Crippen LogP contribution in [0, 0.1) is 17.1 Å². The molecule has 0 aliphatic carbocycles. The Labute approximate surface area is 228 Å². The number of carbonyl (C=O) groups excluding carboxylic acids is 1. The molecule has 39 heavy (non-hydrogen) atoms. The highest BCUT2D eigenvalue weighted by molar-refractivity contribution is 7.16. The Hall–Kier alpha value is -4.69. The number of fused-ring (bicyclic) bond motifs is 1. The molecule has 0 fully saturated rings. The number of benzene rings is 1. The zero-order chi connectivity index (χ0) is 27.5. The summed E-state index contributed by atoms with van der Waals surface area (Å²) in [5, 5.41) is 10.4. The van der Waals surface area contributed by atoms with Crippen molar-refractivity contribution in [1.82, 2.24) is 24.3 Å². The average molecular weight is 542 g/mol. The molecular weight excluding hydrogens is 517 g/mol. The predicted octanol–water partition coefficient (Wildman–Crippen LogP) is 5.36. The second kappa shape index (κ2) is 11.0. The summed E-state index contributed by atoms with van der Waals surface area (Å²) >= 11 is 1.26. The van der Waals surface area contributed by atoms with Crippen molar-refractivity contribution in [1.29, 1.82) is 5.26 Å². The SMILES string of the molecule is CCOC(=O)Cc1cnc(-c2ccc3nc(CC)c(N(C)c4nc(-c5ccc(F)cc5)c(C#N)s4)n3c2)cn1. The highest BCUT2D eigenvalue weighted by atomic mass is 32.1. The van der Waals surface area contributed by atoms with Gasteiger partial charge in [-0.25, -0.2) is 14.4 Å². The number of thiazole rings is 1. The van der Waals surface area contributed by atoms with Crippen molar-refractivity contribution in [3.8, 4) is 28.6 Å².